The fourth-order valence-corrected chi connectivity index (χ4v) is 2.45. The standard InChI is InChI=1S/C16H15BrN2O/c17-13-2-5-15(6-3-13)20-10-9-19-8-7-12-1-4-14(18)11-16(12)19/h1-8,11H,9-10,18H2. The van der Waals surface area contributed by atoms with E-state index in [1.807, 2.05) is 42.5 Å². The summed E-state index contributed by atoms with van der Waals surface area (Å²) in [6.45, 7) is 1.42. The molecule has 1 aromatic heterocycles. The van der Waals surface area contributed by atoms with Crippen LogP contribution in [-0.2, 0) is 6.54 Å². The lowest BCUT2D eigenvalue weighted by Crippen LogP contribution is -2.07. The van der Waals surface area contributed by atoms with Crippen LogP contribution in [0, 0.1) is 0 Å². The van der Waals surface area contributed by atoms with Crippen molar-refractivity contribution >= 4 is 32.5 Å². The lowest BCUT2D eigenvalue weighted by molar-refractivity contribution is 0.300. The van der Waals surface area contributed by atoms with Crippen molar-refractivity contribution in [3.63, 3.8) is 0 Å². The maximum absolute atomic E-state index is 5.84. The molecule has 3 aromatic rings. The number of nitrogens with two attached hydrogens (primary N) is 1. The molecule has 0 atom stereocenters. The van der Waals surface area contributed by atoms with E-state index in [0.717, 1.165) is 28.0 Å². The van der Waals surface area contributed by atoms with Gasteiger partial charge in [-0.1, -0.05) is 22.0 Å². The van der Waals surface area contributed by atoms with Gasteiger partial charge < -0.3 is 15.0 Å². The summed E-state index contributed by atoms with van der Waals surface area (Å²) in [5, 5.41) is 1.20. The van der Waals surface area contributed by atoms with E-state index in [-0.39, 0.29) is 0 Å². The Labute approximate surface area is 126 Å². The van der Waals surface area contributed by atoms with Gasteiger partial charge in [-0.05, 0) is 47.9 Å². The first-order valence-electron chi connectivity index (χ1n) is 6.45. The Morgan fingerprint density at radius 3 is 2.65 bits per heavy atom. The van der Waals surface area contributed by atoms with E-state index < -0.39 is 0 Å². The Morgan fingerprint density at radius 1 is 1.05 bits per heavy atom. The van der Waals surface area contributed by atoms with Crippen LogP contribution in [0.15, 0.2) is 59.2 Å². The zero-order valence-electron chi connectivity index (χ0n) is 10.9. The molecule has 0 spiro atoms. The van der Waals surface area contributed by atoms with Gasteiger partial charge in [-0.25, -0.2) is 0 Å². The third-order valence-corrected chi connectivity index (χ3v) is 3.74. The molecule has 0 aliphatic carbocycles. The molecule has 0 unspecified atom stereocenters. The summed E-state index contributed by atoms with van der Waals surface area (Å²) in [4.78, 5) is 0. The van der Waals surface area contributed by atoms with Gasteiger partial charge in [-0.2, -0.15) is 0 Å². The highest BCUT2D eigenvalue weighted by molar-refractivity contribution is 9.10. The second kappa shape index (κ2) is 5.59. The Hall–Kier alpha value is -1.94. The van der Waals surface area contributed by atoms with E-state index in [1.165, 1.54) is 5.39 Å². The Kier molecular flexibility index (Phi) is 3.65. The fourth-order valence-electron chi connectivity index (χ4n) is 2.19. The van der Waals surface area contributed by atoms with Crippen LogP contribution < -0.4 is 10.5 Å². The highest BCUT2D eigenvalue weighted by Gasteiger charge is 2.01. The minimum Gasteiger partial charge on any atom is -0.492 e. The van der Waals surface area contributed by atoms with Gasteiger partial charge in [0.2, 0.25) is 0 Å². The molecular formula is C16H15BrN2O. The van der Waals surface area contributed by atoms with Crippen LogP contribution in [0.25, 0.3) is 10.9 Å². The summed E-state index contributed by atoms with van der Waals surface area (Å²) in [5.41, 5.74) is 7.76. The number of hydrogen-bond acceptors (Lipinski definition) is 2. The molecule has 3 rings (SSSR count). The van der Waals surface area contributed by atoms with Crippen molar-refractivity contribution in [3.05, 3.63) is 59.2 Å². The van der Waals surface area contributed by atoms with Crippen LogP contribution in [0.1, 0.15) is 0 Å². The SMILES string of the molecule is Nc1ccc2ccn(CCOc3ccc(Br)cc3)c2c1. The summed E-state index contributed by atoms with van der Waals surface area (Å²) >= 11 is 3.41. The number of anilines is 1. The molecule has 3 nitrogen and oxygen atoms in total. The van der Waals surface area contributed by atoms with Gasteiger partial charge in [-0.3, -0.25) is 0 Å². The third kappa shape index (κ3) is 2.80. The smallest absolute Gasteiger partial charge is 0.119 e. The number of hydrogen-bond donors (Lipinski definition) is 1. The van der Waals surface area contributed by atoms with E-state index in [4.69, 9.17) is 10.5 Å². The van der Waals surface area contributed by atoms with Crippen LogP contribution >= 0.6 is 15.9 Å². The number of aromatic nitrogens is 1. The fraction of sp³-hybridized carbons (Fsp3) is 0.125. The van der Waals surface area contributed by atoms with Crippen LogP contribution in [0.3, 0.4) is 0 Å². The molecule has 0 amide bonds. The van der Waals surface area contributed by atoms with Gasteiger partial charge in [0.15, 0.2) is 0 Å². The van der Waals surface area contributed by atoms with Crippen LogP contribution in [0.2, 0.25) is 0 Å². The van der Waals surface area contributed by atoms with Gasteiger partial charge in [-0.15, -0.1) is 0 Å². The highest BCUT2D eigenvalue weighted by atomic mass is 79.9. The first kappa shape index (κ1) is 13.1. The number of fused-ring (bicyclic) bond motifs is 1. The maximum Gasteiger partial charge on any atom is 0.119 e. The normalized spacial score (nSPS) is 10.8. The quantitative estimate of drug-likeness (QED) is 0.732. The summed E-state index contributed by atoms with van der Waals surface area (Å²) in [6.07, 6.45) is 2.06. The summed E-state index contributed by atoms with van der Waals surface area (Å²) in [5.74, 6) is 0.879. The monoisotopic (exact) mass is 330 g/mol. The zero-order valence-corrected chi connectivity index (χ0v) is 12.5. The average Bonchev–Trinajstić information content (AvgIpc) is 2.84. The lowest BCUT2D eigenvalue weighted by Gasteiger charge is -2.08. The number of halogens is 1. The number of ether oxygens (including phenoxy) is 1. The second-order valence-corrected chi connectivity index (χ2v) is 5.55. The van der Waals surface area contributed by atoms with Crippen molar-refractivity contribution in [2.75, 3.05) is 12.3 Å². The number of nitrogens with zero attached hydrogens (tertiary/aromatic N) is 1. The summed E-state index contributed by atoms with van der Waals surface area (Å²) in [6, 6.07) is 15.9. The number of nitrogen functional groups attached to an aromatic ring is 1. The van der Waals surface area contributed by atoms with Gasteiger partial charge >= 0.3 is 0 Å². The van der Waals surface area contributed by atoms with Gasteiger partial charge in [0.25, 0.3) is 0 Å². The molecule has 0 saturated carbocycles. The zero-order chi connectivity index (χ0) is 13.9. The molecule has 0 radical (unpaired) electrons. The van der Waals surface area contributed by atoms with Gasteiger partial charge in [0.1, 0.15) is 12.4 Å². The molecule has 1 heterocycles. The highest BCUT2D eigenvalue weighted by Crippen LogP contribution is 2.19. The summed E-state index contributed by atoms with van der Waals surface area (Å²) < 4.78 is 8.95. The van der Waals surface area contributed by atoms with E-state index in [2.05, 4.69) is 32.8 Å². The van der Waals surface area contributed by atoms with Gasteiger partial charge in [0.05, 0.1) is 12.1 Å². The van der Waals surface area contributed by atoms with Crippen molar-refractivity contribution in [1.82, 2.24) is 4.57 Å². The predicted molar refractivity (Wildman–Crippen MR) is 86.0 cm³/mol. The molecule has 2 N–H and O–H groups in total. The third-order valence-electron chi connectivity index (χ3n) is 3.21. The second-order valence-electron chi connectivity index (χ2n) is 4.63. The minimum absolute atomic E-state index is 0.625. The molecule has 0 aliphatic heterocycles. The van der Waals surface area contributed by atoms with E-state index in [0.29, 0.717) is 6.61 Å². The predicted octanol–water partition coefficient (Wildman–Crippen LogP) is 4.07. The number of benzene rings is 2. The van der Waals surface area contributed by atoms with E-state index in [9.17, 15) is 0 Å². The molecule has 4 heteroatoms. The Morgan fingerprint density at radius 2 is 1.85 bits per heavy atom. The molecule has 0 fully saturated rings. The topological polar surface area (TPSA) is 40.2 Å². The molecule has 0 saturated heterocycles. The van der Waals surface area contributed by atoms with E-state index in [1.54, 1.807) is 0 Å². The van der Waals surface area contributed by atoms with Crippen molar-refractivity contribution in [2.45, 2.75) is 6.54 Å². The molecule has 0 aliphatic rings. The molecule has 102 valence electrons. The van der Waals surface area contributed by atoms with Crippen LogP contribution in [-0.4, -0.2) is 11.2 Å². The Balaban J connectivity index is 1.68. The maximum atomic E-state index is 5.84. The Bertz CT molecular complexity index is 719. The molecule has 20 heavy (non-hydrogen) atoms. The largest absolute Gasteiger partial charge is 0.492 e. The molecule has 2 aromatic carbocycles. The first-order valence-corrected chi connectivity index (χ1v) is 7.24. The minimum atomic E-state index is 0.625. The van der Waals surface area contributed by atoms with E-state index >= 15 is 0 Å². The van der Waals surface area contributed by atoms with Gasteiger partial charge in [0, 0.05) is 16.4 Å². The first-order chi connectivity index (χ1) is 9.72. The molecule has 0 bridgehead atoms. The summed E-state index contributed by atoms with van der Waals surface area (Å²) in [7, 11) is 0. The lowest BCUT2D eigenvalue weighted by atomic mass is 10.2. The van der Waals surface area contributed by atoms with Crippen molar-refractivity contribution in [2.24, 2.45) is 0 Å². The van der Waals surface area contributed by atoms with Crippen LogP contribution in [0.4, 0.5) is 5.69 Å². The van der Waals surface area contributed by atoms with Crippen LogP contribution in [0.5, 0.6) is 5.75 Å². The average molecular weight is 331 g/mol. The van der Waals surface area contributed by atoms with Crippen molar-refractivity contribution in [1.29, 1.82) is 0 Å². The van der Waals surface area contributed by atoms with Crippen molar-refractivity contribution < 1.29 is 4.74 Å². The molecular weight excluding hydrogens is 316 g/mol. The van der Waals surface area contributed by atoms with Crippen molar-refractivity contribution in [3.8, 4) is 5.75 Å². The number of rotatable bonds is 4.